The molecule has 1 unspecified atom stereocenters. The average Bonchev–Trinajstić information content (AvgIpc) is 2.37. The third-order valence-corrected chi connectivity index (χ3v) is 5.16. The predicted molar refractivity (Wildman–Crippen MR) is 73.8 cm³/mol. The molecule has 0 spiro atoms. The van der Waals surface area contributed by atoms with E-state index in [-0.39, 0.29) is 16.9 Å². The van der Waals surface area contributed by atoms with E-state index in [2.05, 4.69) is 10.3 Å². The van der Waals surface area contributed by atoms with Crippen molar-refractivity contribution in [2.45, 2.75) is 11.8 Å². The lowest BCUT2D eigenvalue weighted by Gasteiger charge is -2.26. The summed E-state index contributed by atoms with van der Waals surface area (Å²) in [6, 6.07) is 3.57. The van der Waals surface area contributed by atoms with Crippen molar-refractivity contribution in [1.82, 2.24) is 10.3 Å². The van der Waals surface area contributed by atoms with Gasteiger partial charge in [0.15, 0.2) is 9.84 Å². The molecule has 0 bridgehead atoms. The van der Waals surface area contributed by atoms with Crippen molar-refractivity contribution < 1.29 is 12.8 Å². The van der Waals surface area contributed by atoms with Gasteiger partial charge in [-0.15, -0.1) is 0 Å². The van der Waals surface area contributed by atoms with Crippen molar-refractivity contribution in [2.75, 3.05) is 12.8 Å². The van der Waals surface area contributed by atoms with Crippen LogP contribution >= 0.6 is 0 Å². The van der Waals surface area contributed by atoms with Crippen molar-refractivity contribution >= 4 is 20.6 Å². The number of H-pyrrole nitrogens is 1. The second-order valence-corrected chi connectivity index (χ2v) is 7.04. The summed E-state index contributed by atoms with van der Waals surface area (Å²) in [5, 5.41) is 3.78. The van der Waals surface area contributed by atoms with E-state index < -0.39 is 27.3 Å². The molecule has 1 aliphatic rings. The molecule has 106 valence electrons. The first-order valence-corrected chi connectivity index (χ1v) is 7.95. The number of sulfone groups is 1. The molecule has 0 radical (unpaired) electrons. The number of hydrogen-bond donors (Lipinski definition) is 2. The van der Waals surface area contributed by atoms with Crippen LogP contribution in [0.1, 0.15) is 17.3 Å². The van der Waals surface area contributed by atoms with Crippen LogP contribution in [0.25, 0.3) is 10.8 Å². The Morgan fingerprint density at radius 2 is 2.10 bits per heavy atom. The number of halogens is 1. The minimum Gasteiger partial charge on any atom is -0.324 e. The Hall–Kier alpha value is -1.73. The fourth-order valence-corrected chi connectivity index (χ4v) is 4.36. The van der Waals surface area contributed by atoms with Crippen LogP contribution in [-0.4, -0.2) is 26.2 Å². The molecule has 0 aliphatic carbocycles. The van der Waals surface area contributed by atoms with Gasteiger partial charge in [-0.25, -0.2) is 12.8 Å². The summed E-state index contributed by atoms with van der Waals surface area (Å²) in [6.45, 7) is 0. The third-order valence-electron chi connectivity index (χ3n) is 3.59. The number of rotatable bonds is 1. The van der Waals surface area contributed by atoms with Gasteiger partial charge in [-0.2, -0.15) is 0 Å². The summed E-state index contributed by atoms with van der Waals surface area (Å²) >= 11 is 0. The first-order valence-electron chi connectivity index (χ1n) is 6.13. The highest BCUT2D eigenvalue weighted by Crippen LogP contribution is 2.31. The van der Waals surface area contributed by atoms with Crippen LogP contribution in [0.3, 0.4) is 0 Å². The van der Waals surface area contributed by atoms with E-state index in [1.807, 2.05) is 0 Å². The van der Waals surface area contributed by atoms with E-state index in [4.69, 9.17) is 0 Å². The number of aromatic nitrogens is 1. The van der Waals surface area contributed by atoms with Gasteiger partial charge in [-0.05, 0) is 30.1 Å². The molecule has 2 N–H and O–H groups in total. The fourth-order valence-electron chi connectivity index (χ4n) is 2.73. The molecule has 0 fully saturated rings. The zero-order valence-corrected chi connectivity index (χ0v) is 11.6. The summed E-state index contributed by atoms with van der Waals surface area (Å²) < 4.78 is 37.0. The van der Waals surface area contributed by atoms with Crippen molar-refractivity contribution in [3.05, 3.63) is 45.6 Å². The van der Waals surface area contributed by atoms with Crippen molar-refractivity contribution in [1.29, 1.82) is 0 Å². The molecule has 1 aromatic heterocycles. The first kappa shape index (κ1) is 13.3. The third kappa shape index (κ3) is 2.03. The van der Waals surface area contributed by atoms with E-state index in [0.29, 0.717) is 11.1 Å². The number of nitrogens with one attached hydrogen (secondary N) is 2. The Kier molecular flexibility index (Phi) is 2.91. The fraction of sp³-hybridized carbons (Fsp3) is 0.308. The molecule has 20 heavy (non-hydrogen) atoms. The average molecular weight is 296 g/mol. The highest BCUT2D eigenvalue weighted by atomic mass is 32.2. The minimum atomic E-state index is -3.26. The van der Waals surface area contributed by atoms with Crippen LogP contribution < -0.4 is 10.9 Å². The van der Waals surface area contributed by atoms with Gasteiger partial charge in [0.2, 0.25) is 0 Å². The zero-order chi connectivity index (χ0) is 14.5. The molecule has 2 aromatic rings. The van der Waals surface area contributed by atoms with Crippen LogP contribution in [0.5, 0.6) is 0 Å². The number of benzene rings is 1. The molecule has 1 atom stereocenters. The molecule has 3 rings (SSSR count). The number of aromatic amines is 1. The highest BCUT2D eigenvalue weighted by molar-refractivity contribution is 7.90. The van der Waals surface area contributed by atoms with Gasteiger partial charge in [0, 0.05) is 11.7 Å². The largest absolute Gasteiger partial charge is 0.324 e. The first-order chi connectivity index (χ1) is 9.41. The molecule has 5 nitrogen and oxygen atoms in total. The standard InChI is InChI=1S/C13H13FN2O3S/c1-15-10-5-20(18,19)6-11-12(10)8-3-2-7(14)4-9(8)13(17)16-11/h2-4,10,15H,5-6H2,1H3,(H,16,17). The van der Waals surface area contributed by atoms with Crippen LogP contribution in [0.4, 0.5) is 4.39 Å². The van der Waals surface area contributed by atoms with Crippen LogP contribution in [0.15, 0.2) is 23.0 Å². The van der Waals surface area contributed by atoms with E-state index in [0.717, 1.165) is 5.56 Å². The quantitative estimate of drug-likeness (QED) is 0.818. The Labute approximate surface area is 114 Å². The topological polar surface area (TPSA) is 79.0 Å². The van der Waals surface area contributed by atoms with Gasteiger partial charge in [0.25, 0.3) is 5.56 Å². The Balaban J connectivity index is 2.41. The highest BCUT2D eigenvalue weighted by Gasteiger charge is 2.31. The molecular formula is C13H13FN2O3S. The summed E-state index contributed by atoms with van der Waals surface area (Å²) in [7, 11) is -1.60. The van der Waals surface area contributed by atoms with Crippen molar-refractivity contribution in [2.24, 2.45) is 0 Å². The van der Waals surface area contributed by atoms with E-state index in [1.165, 1.54) is 18.2 Å². The minimum absolute atomic E-state index is 0.0327. The molecular weight excluding hydrogens is 283 g/mol. The second kappa shape index (κ2) is 4.39. The van der Waals surface area contributed by atoms with Gasteiger partial charge in [-0.1, -0.05) is 6.07 Å². The smallest absolute Gasteiger partial charge is 0.256 e. The van der Waals surface area contributed by atoms with Gasteiger partial charge >= 0.3 is 0 Å². The molecule has 7 heteroatoms. The summed E-state index contributed by atoms with van der Waals surface area (Å²) in [5.41, 5.74) is 0.654. The maximum Gasteiger partial charge on any atom is 0.256 e. The summed E-state index contributed by atoms with van der Waals surface area (Å²) in [6.07, 6.45) is 0. The van der Waals surface area contributed by atoms with Gasteiger partial charge in [0.05, 0.1) is 16.9 Å². The van der Waals surface area contributed by atoms with Gasteiger partial charge < -0.3 is 10.3 Å². The van der Waals surface area contributed by atoms with E-state index >= 15 is 0 Å². The Morgan fingerprint density at radius 3 is 2.80 bits per heavy atom. The normalized spacial score (nSPS) is 20.8. The van der Waals surface area contributed by atoms with Gasteiger partial charge in [0.1, 0.15) is 5.82 Å². The van der Waals surface area contributed by atoms with Crippen molar-refractivity contribution in [3.8, 4) is 0 Å². The van der Waals surface area contributed by atoms with Crippen LogP contribution in [0.2, 0.25) is 0 Å². The molecule has 1 aromatic carbocycles. The van der Waals surface area contributed by atoms with Crippen LogP contribution in [0, 0.1) is 5.82 Å². The maximum atomic E-state index is 13.3. The second-order valence-electron chi connectivity index (χ2n) is 4.93. The summed E-state index contributed by atoms with van der Waals surface area (Å²) in [5.74, 6) is -0.717. The molecule has 0 saturated carbocycles. The molecule has 0 amide bonds. The molecule has 0 saturated heterocycles. The zero-order valence-electron chi connectivity index (χ0n) is 10.7. The number of hydrogen-bond acceptors (Lipinski definition) is 4. The summed E-state index contributed by atoms with van der Waals surface area (Å²) in [4.78, 5) is 14.5. The van der Waals surface area contributed by atoms with E-state index in [9.17, 15) is 17.6 Å². The van der Waals surface area contributed by atoms with Crippen molar-refractivity contribution in [3.63, 3.8) is 0 Å². The lowest BCUT2D eigenvalue weighted by molar-refractivity contribution is 0.562. The monoisotopic (exact) mass is 296 g/mol. The Bertz CT molecular complexity index is 858. The number of fused-ring (bicyclic) bond motifs is 3. The van der Waals surface area contributed by atoms with E-state index in [1.54, 1.807) is 7.05 Å². The maximum absolute atomic E-state index is 13.3. The van der Waals surface area contributed by atoms with Crippen LogP contribution in [-0.2, 0) is 15.6 Å². The lowest BCUT2D eigenvalue weighted by atomic mass is 9.98. The SMILES string of the molecule is CNC1CS(=O)(=O)Cc2[nH]c(=O)c3cc(F)ccc3c21. The molecule has 1 aliphatic heterocycles. The van der Waals surface area contributed by atoms with Gasteiger partial charge in [-0.3, -0.25) is 4.79 Å². The lowest BCUT2D eigenvalue weighted by Crippen LogP contribution is -2.33. The number of pyridine rings is 1. The Morgan fingerprint density at radius 1 is 1.35 bits per heavy atom. The molecule has 2 heterocycles. The predicted octanol–water partition coefficient (Wildman–Crippen LogP) is 0.856.